The van der Waals surface area contributed by atoms with Gasteiger partial charge >= 0.3 is 5.97 Å². The lowest BCUT2D eigenvalue weighted by Crippen LogP contribution is -2.09. The third-order valence-corrected chi connectivity index (χ3v) is 2.70. The molecule has 0 aromatic heterocycles. The number of hydrogen-bond donors (Lipinski definition) is 1. The van der Waals surface area contributed by atoms with Crippen LogP contribution in [0.2, 0.25) is 0 Å². The first kappa shape index (κ1) is 13.6. The van der Waals surface area contributed by atoms with E-state index in [4.69, 9.17) is 10.00 Å². The van der Waals surface area contributed by atoms with E-state index in [9.17, 15) is 4.79 Å². The molecule has 0 aliphatic carbocycles. The van der Waals surface area contributed by atoms with Crippen molar-refractivity contribution in [1.29, 1.82) is 5.26 Å². The van der Waals surface area contributed by atoms with E-state index in [1.165, 1.54) is 0 Å². The van der Waals surface area contributed by atoms with E-state index >= 15 is 0 Å². The summed E-state index contributed by atoms with van der Waals surface area (Å²) in [6, 6.07) is 19.0. The van der Waals surface area contributed by atoms with Crippen molar-refractivity contribution in [2.24, 2.45) is 0 Å². The summed E-state index contributed by atoms with van der Waals surface area (Å²) in [5.74, 6) is -0.408. The van der Waals surface area contributed by atoms with Gasteiger partial charge in [-0.25, -0.2) is 0 Å². The van der Waals surface area contributed by atoms with Crippen molar-refractivity contribution in [1.82, 2.24) is 0 Å². The summed E-state index contributed by atoms with van der Waals surface area (Å²) < 4.78 is 4.77. The largest absolute Gasteiger partial charge is 0.450 e. The van der Waals surface area contributed by atoms with Gasteiger partial charge in [0.25, 0.3) is 0 Å². The molecule has 20 heavy (non-hydrogen) atoms. The number of nitriles is 1. The molecule has 2 aromatic rings. The lowest BCUT2D eigenvalue weighted by atomic mass is 10.1. The first-order valence-corrected chi connectivity index (χ1v) is 6.22. The van der Waals surface area contributed by atoms with E-state index in [-0.39, 0.29) is 13.0 Å². The smallest absolute Gasteiger partial charge is 0.311 e. The van der Waals surface area contributed by atoms with Gasteiger partial charge in [-0.2, -0.15) is 5.26 Å². The Bertz CT molecular complexity index is 618. The molecule has 0 atom stereocenters. The Morgan fingerprint density at radius 3 is 2.55 bits per heavy atom. The van der Waals surface area contributed by atoms with Crippen molar-refractivity contribution in [3.05, 3.63) is 60.2 Å². The fraction of sp³-hybridized carbons (Fsp3) is 0.125. The number of para-hydroxylation sites is 2. The zero-order valence-corrected chi connectivity index (χ0v) is 10.9. The first-order valence-electron chi connectivity index (χ1n) is 6.22. The average Bonchev–Trinajstić information content (AvgIpc) is 2.48. The molecule has 0 amide bonds. The zero-order valence-electron chi connectivity index (χ0n) is 10.9. The fourth-order valence-corrected chi connectivity index (χ4v) is 1.79. The predicted octanol–water partition coefficient (Wildman–Crippen LogP) is 3.04. The molecule has 0 radical (unpaired) electrons. The standard InChI is InChI=1S/C16H14N2O2/c17-10-11-20-16(19)12-13-6-4-5-9-15(13)18-14-7-2-1-3-8-14/h1-9,18H,11-12H2. The molecule has 0 aliphatic heterocycles. The summed E-state index contributed by atoms with van der Waals surface area (Å²) in [7, 11) is 0. The number of ether oxygens (including phenoxy) is 1. The molecular formula is C16H14N2O2. The molecule has 100 valence electrons. The van der Waals surface area contributed by atoms with Crippen LogP contribution in [-0.2, 0) is 16.0 Å². The van der Waals surface area contributed by atoms with Crippen LogP contribution in [0.25, 0.3) is 0 Å². The molecule has 4 heteroatoms. The van der Waals surface area contributed by atoms with Gasteiger partial charge in [0.05, 0.1) is 6.42 Å². The van der Waals surface area contributed by atoms with Gasteiger partial charge in [0.15, 0.2) is 6.61 Å². The number of hydrogen-bond acceptors (Lipinski definition) is 4. The van der Waals surface area contributed by atoms with E-state index in [1.807, 2.05) is 54.6 Å². The summed E-state index contributed by atoms with van der Waals surface area (Å²) in [5.41, 5.74) is 2.64. The monoisotopic (exact) mass is 266 g/mol. The normalized spacial score (nSPS) is 9.55. The molecule has 1 N–H and O–H groups in total. The van der Waals surface area contributed by atoms with Crippen LogP contribution in [0.1, 0.15) is 5.56 Å². The molecule has 0 heterocycles. The Morgan fingerprint density at radius 2 is 1.80 bits per heavy atom. The van der Waals surface area contributed by atoms with E-state index in [2.05, 4.69) is 5.32 Å². The average molecular weight is 266 g/mol. The summed E-state index contributed by atoms with van der Waals surface area (Å²) >= 11 is 0. The quantitative estimate of drug-likeness (QED) is 0.845. The van der Waals surface area contributed by atoms with Gasteiger partial charge < -0.3 is 10.1 Å². The van der Waals surface area contributed by atoms with E-state index in [0.717, 1.165) is 16.9 Å². The first-order chi connectivity index (χ1) is 9.79. The highest BCUT2D eigenvalue weighted by molar-refractivity contribution is 5.76. The summed E-state index contributed by atoms with van der Waals surface area (Å²) in [6.45, 7) is -0.215. The molecule has 2 aromatic carbocycles. The van der Waals surface area contributed by atoms with Crippen molar-refractivity contribution >= 4 is 17.3 Å². The zero-order chi connectivity index (χ0) is 14.2. The minimum absolute atomic E-state index is 0.137. The van der Waals surface area contributed by atoms with Gasteiger partial charge in [0.2, 0.25) is 0 Å². The summed E-state index contributed by atoms with van der Waals surface area (Å²) in [5, 5.41) is 11.7. The third kappa shape index (κ3) is 3.85. The van der Waals surface area contributed by atoms with Gasteiger partial charge in [-0.15, -0.1) is 0 Å². The van der Waals surface area contributed by atoms with Crippen LogP contribution < -0.4 is 5.32 Å². The van der Waals surface area contributed by atoms with Crippen LogP contribution in [0, 0.1) is 11.3 Å². The van der Waals surface area contributed by atoms with Crippen LogP contribution in [0.15, 0.2) is 54.6 Å². The highest BCUT2D eigenvalue weighted by Crippen LogP contribution is 2.21. The minimum Gasteiger partial charge on any atom is -0.450 e. The molecule has 0 bridgehead atoms. The van der Waals surface area contributed by atoms with E-state index < -0.39 is 5.97 Å². The molecule has 0 spiro atoms. The molecule has 0 unspecified atom stereocenters. The number of nitrogens with one attached hydrogen (secondary N) is 1. The number of carbonyl (C=O) groups is 1. The molecule has 4 nitrogen and oxygen atoms in total. The Kier molecular flexibility index (Phi) is 4.74. The number of nitrogens with zero attached hydrogens (tertiary/aromatic N) is 1. The second-order valence-corrected chi connectivity index (χ2v) is 4.14. The highest BCUT2D eigenvalue weighted by atomic mass is 16.5. The Hall–Kier alpha value is -2.80. The van der Waals surface area contributed by atoms with Crippen LogP contribution in [0.4, 0.5) is 11.4 Å². The van der Waals surface area contributed by atoms with Gasteiger partial charge in [0, 0.05) is 11.4 Å². The van der Waals surface area contributed by atoms with Crippen molar-refractivity contribution in [3.63, 3.8) is 0 Å². The number of benzene rings is 2. The van der Waals surface area contributed by atoms with Crippen LogP contribution in [0.3, 0.4) is 0 Å². The number of rotatable bonds is 5. The molecule has 2 rings (SSSR count). The van der Waals surface area contributed by atoms with Crippen molar-refractivity contribution in [2.75, 3.05) is 11.9 Å². The summed E-state index contributed by atoms with van der Waals surface area (Å²) in [6.07, 6.45) is 0.137. The summed E-state index contributed by atoms with van der Waals surface area (Å²) in [4.78, 5) is 11.6. The molecule has 0 saturated heterocycles. The Labute approximate surface area is 117 Å². The fourth-order valence-electron chi connectivity index (χ4n) is 1.79. The highest BCUT2D eigenvalue weighted by Gasteiger charge is 2.08. The topological polar surface area (TPSA) is 62.1 Å². The van der Waals surface area contributed by atoms with Gasteiger partial charge in [0.1, 0.15) is 6.07 Å². The predicted molar refractivity (Wildman–Crippen MR) is 76.4 cm³/mol. The molecular weight excluding hydrogens is 252 g/mol. The maximum Gasteiger partial charge on any atom is 0.311 e. The van der Waals surface area contributed by atoms with Crippen molar-refractivity contribution < 1.29 is 9.53 Å². The van der Waals surface area contributed by atoms with Crippen LogP contribution >= 0.6 is 0 Å². The third-order valence-electron chi connectivity index (χ3n) is 2.70. The molecule has 0 aliphatic rings. The lowest BCUT2D eigenvalue weighted by Gasteiger charge is -2.11. The van der Waals surface area contributed by atoms with Gasteiger partial charge in [-0.3, -0.25) is 4.79 Å². The second kappa shape index (κ2) is 6.95. The molecule has 0 saturated carbocycles. The maximum absolute atomic E-state index is 11.6. The van der Waals surface area contributed by atoms with Crippen molar-refractivity contribution in [3.8, 4) is 6.07 Å². The van der Waals surface area contributed by atoms with Crippen LogP contribution in [-0.4, -0.2) is 12.6 Å². The lowest BCUT2D eigenvalue weighted by molar-refractivity contribution is -0.141. The van der Waals surface area contributed by atoms with Gasteiger partial charge in [-0.05, 0) is 23.8 Å². The Morgan fingerprint density at radius 1 is 1.10 bits per heavy atom. The van der Waals surface area contributed by atoms with Crippen LogP contribution in [0.5, 0.6) is 0 Å². The van der Waals surface area contributed by atoms with E-state index in [1.54, 1.807) is 6.07 Å². The Balaban J connectivity index is 2.10. The van der Waals surface area contributed by atoms with Gasteiger partial charge in [-0.1, -0.05) is 36.4 Å². The van der Waals surface area contributed by atoms with E-state index in [0.29, 0.717) is 0 Å². The maximum atomic E-state index is 11.6. The number of anilines is 2. The number of esters is 1. The second-order valence-electron chi connectivity index (χ2n) is 4.14. The SMILES string of the molecule is N#CCOC(=O)Cc1ccccc1Nc1ccccc1. The number of carbonyl (C=O) groups excluding carboxylic acids is 1. The van der Waals surface area contributed by atoms with Crippen molar-refractivity contribution in [2.45, 2.75) is 6.42 Å². The minimum atomic E-state index is -0.408. The molecule has 0 fully saturated rings.